The molecule has 0 N–H and O–H groups in total. The Balaban J connectivity index is 1.66. The average molecular weight is 310 g/mol. The van der Waals surface area contributed by atoms with E-state index in [0.29, 0.717) is 12.0 Å². The molecule has 1 aliphatic carbocycles. The van der Waals surface area contributed by atoms with Gasteiger partial charge in [-0.3, -0.25) is 0 Å². The summed E-state index contributed by atoms with van der Waals surface area (Å²) in [6.45, 7) is 0.203. The third kappa shape index (κ3) is 3.24. The minimum absolute atomic E-state index is 0.202. The molecule has 0 aromatic heterocycles. The molecule has 0 aliphatic heterocycles. The fraction of sp³-hybridized carbons (Fsp3) is 0.294. The first-order valence-electron chi connectivity index (χ1n) is 6.99. The molecule has 0 spiro atoms. The lowest BCUT2D eigenvalue weighted by Crippen LogP contribution is -2.11. The zero-order valence-electron chi connectivity index (χ0n) is 11.6. The smallest absolute Gasteiger partial charge is 0.420 e. The summed E-state index contributed by atoms with van der Waals surface area (Å²) in [4.78, 5) is 0. The van der Waals surface area contributed by atoms with Crippen molar-refractivity contribution in [2.75, 3.05) is 6.61 Å². The monoisotopic (exact) mass is 310 g/mol. The van der Waals surface area contributed by atoms with Crippen LogP contribution in [0.15, 0.2) is 48.5 Å². The lowest BCUT2D eigenvalue weighted by molar-refractivity contribution is -0.139. The minimum atomic E-state index is -4.63. The van der Waals surface area contributed by atoms with E-state index in [9.17, 15) is 17.6 Å². The minimum Gasteiger partial charge on any atom is -0.493 e. The maximum Gasteiger partial charge on any atom is 0.420 e. The molecular weight excluding hydrogens is 296 g/mol. The lowest BCUT2D eigenvalue weighted by Gasteiger charge is -2.14. The summed E-state index contributed by atoms with van der Waals surface area (Å²) in [7, 11) is 0. The predicted molar refractivity (Wildman–Crippen MR) is 74.2 cm³/mol. The molecular formula is C17H14F4O. The normalized spacial score (nSPS) is 20.7. The molecule has 0 bridgehead atoms. The highest BCUT2D eigenvalue weighted by Crippen LogP contribution is 2.48. The number of halogens is 4. The predicted octanol–water partition coefficient (Wildman–Crippen LogP) is 5.03. The number of ether oxygens (including phenoxy) is 1. The Bertz CT molecular complexity index is 651. The van der Waals surface area contributed by atoms with Crippen LogP contribution < -0.4 is 4.74 Å². The molecule has 2 atom stereocenters. The van der Waals surface area contributed by atoms with Crippen molar-refractivity contribution in [3.8, 4) is 5.75 Å². The third-order valence-corrected chi connectivity index (χ3v) is 3.85. The van der Waals surface area contributed by atoms with Crippen molar-refractivity contribution in [1.82, 2.24) is 0 Å². The highest BCUT2D eigenvalue weighted by Gasteiger charge is 2.40. The number of rotatable bonds is 4. The molecule has 1 fully saturated rings. The van der Waals surface area contributed by atoms with Crippen LogP contribution in [0.1, 0.15) is 23.5 Å². The molecule has 1 nitrogen and oxygen atoms in total. The Morgan fingerprint density at radius 1 is 1.05 bits per heavy atom. The second-order valence-corrected chi connectivity index (χ2v) is 5.46. The lowest BCUT2D eigenvalue weighted by atomic mass is 10.1. The van der Waals surface area contributed by atoms with Gasteiger partial charge in [0.25, 0.3) is 0 Å². The van der Waals surface area contributed by atoms with Crippen molar-refractivity contribution < 1.29 is 22.3 Å². The summed E-state index contributed by atoms with van der Waals surface area (Å²) < 4.78 is 56.9. The first-order chi connectivity index (χ1) is 10.4. The van der Waals surface area contributed by atoms with Crippen molar-refractivity contribution in [3.63, 3.8) is 0 Å². The highest BCUT2D eigenvalue weighted by atomic mass is 19.4. The maximum absolute atomic E-state index is 13.0. The van der Waals surface area contributed by atoms with E-state index in [1.54, 1.807) is 0 Å². The first kappa shape index (κ1) is 14.9. The van der Waals surface area contributed by atoms with Crippen LogP contribution in [0.5, 0.6) is 5.75 Å². The topological polar surface area (TPSA) is 9.23 Å². The molecule has 116 valence electrons. The summed E-state index contributed by atoms with van der Waals surface area (Å²) in [5, 5.41) is 0. The van der Waals surface area contributed by atoms with Gasteiger partial charge in [-0.15, -0.1) is 0 Å². The molecule has 5 heteroatoms. The standard InChI is InChI=1S/C17H14F4O/c18-13-6-7-16(15(9-13)17(19,20)21)22-10-12-8-14(12)11-4-2-1-3-5-11/h1-7,9,12,14H,8,10H2/t12-,14-/m1/s1. The van der Waals surface area contributed by atoms with Crippen LogP contribution in [0.4, 0.5) is 17.6 Å². The Labute approximate surface area is 125 Å². The van der Waals surface area contributed by atoms with Crippen LogP contribution in [0, 0.1) is 11.7 Å². The van der Waals surface area contributed by atoms with Gasteiger partial charge in [-0.05, 0) is 36.1 Å². The van der Waals surface area contributed by atoms with Gasteiger partial charge in [-0.1, -0.05) is 30.3 Å². The largest absolute Gasteiger partial charge is 0.493 e. The Kier molecular flexibility index (Phi) is 3.81. The van der Waals surface area contributed by atoms with E-state index >= 15 is 0 Å². The third-order valence-electron chi connectivity index (χ3n) is 3.85. The van der Waals surface area contributed by atoms with Gasteiger partial charge in [-0.25, -0.2) is 4.39 Å². The van der Waals surface area contributed by atoms with E-state index in [0.717, 1.165) is 18.6 Å². The molecule has 0 heterocycles. The van der Waals surface area contributed by atoms with Crippen molar-refractivity contribution in [2.24, 2.45) is 5.92 Å². The quantitative estimate of drug-likeness (QED) is 0.720. The summed E-state index contributed by atoms with van der Waals surface area (Å²) >= 11 is 0. The van der Waals surface area contributed by atoms with Gasteiger partial charge in [0, 0.05) is 5.92 Å². The number of hydrogen-bond donors (Lipinski definition) is 0. The second-order valence-electron chi connectivity index (χ2n) is 5.46. The molecule has 0 amide bonds. The summed E-state index contributed by atoms with van der Waals surface area (Å²) in [5.41, 5.74) is 0.107. The summed E-state index contributed by atoms with van der Waals surface area (Å²) in [6.07, 6.45) is -3.73. The SMILES string of the molecule is Fc1ccc(OC[C@H]2C[C@@H]2c2ccccc2)c(C(F)(F)F)c1. The molecule has 0 unspecified atom stereocenters. The van der Waals surface area contributed by atoms with Gasteiger partial charge < -0.3 is 4.74 Å². The molecule has 2 aromatic rings. The Hall–Kier alpha value is -2.04. The number of alkyl halides is 3. The zero-order valence-corrected chi connectivity index (χ0v) is 11.6. The maximum atomic E-state index is 13.0. The van der Waals surface area contributed by atoms with E-state index in [2.05, 4.69) is 0 Å². The first-order valence-corrected chi connectivity index (χ1v) is 6.99. The average Bonchev–Trinajstić information content (AvgIpc) is 3.25. The van der Waals surface area contributed by atoms with Crippen LogP contribution in [0.25, 0.3) is 0 Å². The van der Waals surface area contributed by atoms with E-state index in [1.165, 1.54) is 5.56 Å². The second kappa shape index (κ2) is 5.63. The van der Waals surface area contributed by atoms with Crippen LogP contribution >= 0.6 is 0 Å². The molecule has 3 rings (SSSR count). The Morgan fingerprint density at radius 2 is 1.77 bits per heavy atom. The fourth-order valence-electron chi connectivity index (χ4n) is 2.59. The van der Waals surface area contributed by atoms with Crippen molar-refractivity contribution in [3.05, 3.63) is 65.5 Å². The summed E-state index contributed by atoms with van der Waals surface area (Å²) in [5.74, 6) is -0.703. The van der Waals surface area contributed by atoms with Gasteiger partial charge >= 0.3 is 6.18 Å². The molecule has 0 saturated heterocycles. The number of benzene rings is 2. The fourth-order valence-corrected chi connectivity index (χ4v) is 2.59. The van der Waals surface area contributed by atoms with E-state index in [1.807, 2.05) is 30.3 Å². The van der Waals surface area contributed by atoms with Crippen LogP contribution in [-0.2, 0) is 6.18 Å². The Morgan fingerprint density at radius 3 is 2.45 bits per heavy atom. The molecule has 22 heavy (non-hydrogen) atoms. The van der Waals surface area contributed by atoms with Crippen molar-refractivity contribution in [1.29, 1.82) is 0 Å². The van der Waals surface area contributed by atoms with Gasteiger partial charge in [0.2, 0.25) is 0 Å². The van der Waals surface area contributed by atoms with Crippen LogP contribution in [-0.4, -0.2) is 6.61 Å². The molecule has 2 aromatic carbocycles. The van der Waals surface area contributed by atoms with E-state index in [4.69, 9.17) is 4.74 Å². The number of hydrogen-bond acceptors (Lipinski definition) is 1. The van der Waals surface area contributed by atoms with Crippen molar-refractivity contribution >= 4 is 0 Å². The molecule has 1 aliphatic rings. The van der Waals surface area contributed by atoms with E-state index < -0.39 is 17.6 Å². The van der Waals surface area contributed by atoms with Crippen molar-refractivity contribution in [2.45, 2.75) is 18.5 Å². The zero-order chi connectivity index (χ0) is 15.7. The van der Waals surface area contributed by atoms with Crippen LogP contribution in [0.2, 0.25) is 0 Å². The van der Waals surface area contributed by atoms with Crippen LogP contribution in [0.3, 0.4) is 0 Å². The molecule has 0 radical (unpaired) electrons. The van der Waals surface area contributed by atoms with Gasteiger partial charge in [0.1, 0.15) is 17.1 Å². The highest BCUT2D eigenvalue weighted by molar-refractivity contribution is 5.36. The molecule has 1 saturated carbocycles. The van der Waals surface area contributed by atoms with Gasteiger partial charge in [-0.2, -0.15) is 13.2 Å². The van der Waals surface area contributed by atoms with Gasteiger partial charge in [0.15, 0.2) is 0 Å². The van der Waals surface area contributed by atoms with Gasteiger partial charge in [0.05, 0.1) is 6.61 Å². The van der Waals surface area contributed by atoms with E-state index in [-0.39, 0.29) is 18.3 Å². The summed E-state index contributed by atoms with van der Waals surface area (Å²) in [6, 6.07) is 12.3.